The van der Waals surface area contributed by atoms with Crippen molar-refractivity contribution in [3.8, 4) is 0 Å². The molecule has 0 N–H and O–H groups in total. The van der Waals surface area contributed by atoms with Crippen molar-refractivity contribution in [2.45, 2.75) is 219 Å². The zero-order valence-corrected chi connectivity index (χ0v) is 47.7. The first kappa shape index (κ1) is 52.4. The van der Waals surface area contributed by atoms with Gasteiger partial charge in [0, 0.05) is 0 Å². The average molecular weight is 920 g/mol. The molecule has 2 saturated heterocycles. The van der Waals surface area contributed by atoms with Gasteiger partial charge in [-0.2, -0.15) is 0 Å². The molecule has 11 nitrogen and oxygen atoms in total. The van der Waals surface area contributed by atoms with Gasteiger partial charge >= 0.3 is 0 Å². The van der Waals surface area contributed by atoms with Gasteiger partial charge in [-0.1, -0.05) is 0 Å². The molecule has 2 aliphatic heterocycles. The van der Waals surface area contributed by atoms with E-state index in [1.165, 1.54) is 0 Å². The molecule has 0 aromatic heterocycles. The van der Waals surface area contributed by atoms with Crippen molar-refractivity contribution in [2.75, 3.05) is 13.2 Å². The first-order chi connectivity index (χ1) is 24.2. The van der Waals surface area contributed by atoms with Gasteiger partial charge in [0.2, 0.25) is 0 Å². The van der Waals surface area contributed by atoms with E-state index in [2.05, 4.69) is 157 Å². The van der Waals surface area contributed by atoms with Gasteiger partial charge in [-0.05, 0) is 157 Å². The summed E-state index contributed by atoms with van der Waals surface area (Å²) in [6.07, 6.45) is -5.66. The zero-order chi connectivity index (χ0) is 43.0. The summed E-state index contributed by atoms with van der Waals surface area (Å²) in [5.74, 6) is 0. The van der Waals surface area contributed by atoms with Gasteiger partial charge in [0.15, 0.2) is 79.1 Å². The van der Waals surface area contributed by atoms with E-state index in [1.807, 2.05) is 0 Å². The second-order valence-electron chi connectivity index (χ2n) is 23.2. The van der Waals surface area contributed by atoms with Crippen LogP contribution in [0.25, 0.3) is 0 Å². The van der Waals surface area contributed by atoms with Gasteiger partial charge in [-0.3, -0.25) is 0 Å². The number of ether oxygens (including phenoxy) is 3. The van der Waals surface area contributed by atoms with Crippen LogP contribution in [0.2, 0.25) is 157 Å². The van der Waals surface area contributed by atoms with Crippen LogP contribution in [0.15, 0.2) is 0 Å². The highest BCUT2D eigenvalue weighted by molar-refractivity contribution is 6.72. The lowest BCUT2D eigenvalue weighted by Gasteiger charge is -2.54. The van der Waals surface area contributed by atoms with E-state index in [0.29, 0.717) is 13.2 Å². The van der Waals surface area contributed by atoms with Crippen LogP contribution in [0.3, 0.4) is 0 Å². The molecule has 0 aromatic carbocycles. The molecule has 2 fully saturated rings. The Morgan fingerprint density at radius 3 is 0.891 bits per heavy atom. The molecule has 0 bridgehead atoms. The van der Waals surface area contributed by atoms with Crippen LogP contribution in [0.4, 0.5) is 0 Å². The highest BCUT2D eigenvalue weighted by Gasteiger charge is 2.57. The van der Waals surface area contributed by atoms with E-state index in [4.69, 9.17) is 49.6 Å². The quantitative estimate of drug-likeness (QED) is 0.109. The molecule has 0 radical (unpaired) electrons. The lowest BCUT2D eigenvalue weighted by molar-refractivity contribution is -0.344. The molecule has 55 heavy (non-hydrogen) atoms. The van der Waals surface area contributed by atoms with Gasteiger partial charge in [0.1, 0.15) is 48.8 Å². The summed E-state index contributed by atoms with van der Waals surface area (Å²) in [5.41, 5.74) is 0. The predicted octanol–water partition coefficient (Wildman–Crippen LogP) is 9.48. The number of hydrogen-bond donors (Lipinski definition) is 0. The SMILES string of the molecule is C[Si](C)(C)OC[C@@H]1OC(O[Si](C)(C)C)[C@@H](O[Si](C)(C)C)[C@H](OC2O[C@@H](CO[Si](C)(C)C)[C@H](O[Si](C)(C)C)[C@@H](O[Si](C)(C)C)[C@@H]2O[Si](C)(C)C)[C@H]1O[Si](C)(C)C. The van der Waals surface area contributed by atoms with Crippen molar-refractivity contribution < 1.29 is 49.6 Å². The molecular formula is C36H86O11Si8. The molecule has 2 heterocycles. The van der Waals surface area contributed by atoms with Crippen LogP contribution in [0.5, 0.6) is 0 Å². The molecule has 19 heteroatoms. The highest BCUT2D eigenvalue weighted by Crippen LogP contribution is 2.39. The van der Waals surface area contributed by atoms with E-state index in [-0.39, 0.29) is 0 Å². The maximum atomic E-state index is 7.53. The Morgan fingerprint density at radius 2 is 0.564 bits per heavy atom. The summed E-state index contributed by atoms with van der Waals surface area (Å²) in [6.45, 7) is 53.5. The van der Waals surface area contributed by atoms with Crippen molar-refractivity contribution in [3.63, 3.8) is 0 Å². The van der Waals surface area contributed by atoms with Crippen molar-refractivity contribution in [3.05, 3.63) is 0 Å². The smallest absolute Gasteiger partial charge is 0.187 e. The van der Waals surface area contributed by atoms with Crippen LogP contribution in [0, 0.1) is 0 Å². The fourth-order valence-corrected chi connectivity index (χ4v) is 13.9. The van der Waals surface area contributed by atoms with Crippen LogP contribution in [0.1, 0.15) is 0 Å². The van der Waals surface area contributed by atoms with Crippen LogP contribution < -0.4 is 0 Å². The van der Waals surface area contributed by atoms with Gasteiger partial charge in [-0.15, -0.1) is 0 Å². The standard InChI is InChI=1S/C36H86O11Si8/c1-48(2,3)37-25-27-29(42-50(7,8)9)31(33(45-53(16,17)18)36(40-27)47-55(22,23)24)41-35-34(46-54(19,20)21)32(44-52(13,14)15)30(43-51(10,11)12)28(39-35)26-38-49(4,5)6/h27-36H,25-26H2,1-24H3/t27-,28-,29-,30-,31+,32+,33-,34-,35?,36?/m0/s1. The Kier molecular flexibility index (Phi) is 18.2. The molecule has 2 aliphatic rings. The summed E-state index contributed by atoms with van der Waals surface area (Å²) in [4.78, 5) is 0. The summed E-state index contributed by atoms with van der Waals surface area (Å²) in [7, 11) is -17.0. The Labute approximate surface area is 346 Å². The Morgan fingerprint density at radius 1 is 0.291 bits per heavy atom. The topological polar surface area (TPSA) is 102 Å². The third kappa shape index (κ3) is 20.6. The van der Waals surface area contributed by atoms with E-state index >= 15 is 0 Å². The molecule has 2 unspecified atom stereocenters. The van der Waals surface area contributed by atoms with Gasteiger partial charge < -0.3 is 49.6 Å². The van der Waals surface area contributed by atoms with Crippen LogP contribution >= 0.6 is 0 Å². The normalized spacial score (nSPS) is 31.2. The van der Waals surface area contributed by atoms with Gasteiger partial charge in [0.05, 0.1) is 13.2 Å². The second-order valence-corrected chi connectivity index (χ2v) is 59.0. The first-order valence-corrected chi connectivity index (χ1v) is 47.8. The Bertz CT molecular complexity index is 1180. The minimum absolute atomic E-state index is 0.358. The maximum Gasteiger partial charge on any atom is 0.187 e. The fraction of sp³-hybridized carbons (Fsp3) is 1.00. The van der Waals surface area contributed by atoms with E-state index < -0.39 is 128 Å². The molecule has 0 spiro atoms. The Balaban J connectivity index is 2.95. The van der Waals surface area contributed by atoms with Crippen molar-refractivity contribution in [1.29, 1.82) is 0 Å². The molecule has 0 amide bonds. The van der Waals surface area contributed by atoms with Gasteiger partial charge in [-0.25, -0.2) is 0 Å². The van der Waals surface area contributed by atoms with E-state index in [1.54, 1.807) is 0 Å². The number of hydrogen-bond acceptors (Lipinski definition) is 11. The molecular weight excluding hydrogens is 833 g/mol. The summed E-state index contributed by atoms with van der Waals surface area (Å²) < 4.78 is 77.5. The molecule has 328 valence electrons. The lowest BCUT2D eigenvalue weighted by Crippen LogP contribution is -2.70. The minimum Gasteiger partial charge on any atom is -0.415 e. The summed E-state index contributed by atoms with van der Waals surface area (Å²) >= 11 is 0. The fourth-order valence-electron chi connectivity index (χ4n) is 6.26. The maximum absolute atomic E-state index is 7.53. The van der Waals surface area contributed by atoms with Crippen LogP contribution in [-0.4, -0.2) is 141 Å². The third-order valence-electron chi connectivity index (χ3n) is 7.75. The predicted molar refractivity (Wildman–Crippen MR) is 246 cm³/mol. The zero-order valence-electron chi connectivity index (χ0n) is 39.7. The van der Waals surface area contributed by atoms with Crippen LogP contribution in [-0.2, 0) is 49.6 Å². The first-order valence-electron chi connectivity index (χ1n) is 20.5. The molecule has 0 aliphatic carbocycles. The van der Waals surface area contributed by atoms with Crippen molar-refractivity contribution in [2.24, 2.45) is 0 Å². The summed E-state index contributed by atoms with van der Waals surface area (Å²) in [6, 6.07) is 0. The summed E-state index contributed by atoms with van der Waals surface area (Å²) in [5, 5.41) is 0. The molecule has 2 rings (SSSR count). The van der Waals surface area contributed by atoms with E-state index in [9.17, 15) is 0 Å². The second kappa shape index (κ2) is 19.1. The lowest BCUT2D eigenvalue weighted by atomic mass is 9.97. The van der Waals surface area contributed by atoms with E-state index in [0.717, 1.165) is 0 Å². The molecule has 10 atom stereocenters. The van der Waals surface area contributed by atoms with Crippen molar-refractivity contribution >= 4 is 66.5 Å². The highest BCUT2D eigenvalue weighted by atomic mass is 28.4. The third-order valence-corrected chi connectivity index (χ3v) is 15.7. The number of rotatable bonds is 20. The molecule has 0 saturated carbocycles. The largest absolute Gasteiger partial charge is 0.415 e. The Hall–Kier alpha value is 1.30. The minimum atomic E-state index is -2.23. The average Bonchev–Trinajstić information content (AvgIpc) is 2.87. The molecule has 0 aromatic rings. The van der Waals surface area contributed by atoms with Gasteiger partial charge in [0.25, 0.3) is 0 Å². The monoisotopic (exact) mass is 918 g/mol. The van der Waals surface area contributed by atoms with Crippen molar-refractivity contribution in [1.82, 2.24) is 0 Å².